The minimum Gasteiger partial charge on any atom is -0.312 e. The highest BCUT2D eigenvalue weighted by Crippen LogP contribution is 2.23. The van der Waals surface area contributed by atoms with Crippen LogP contribution in [0, 0.1) is 5.92 Å². The Morgan fingerprint density at radius 3 is 2.50 bits per heavy atom. The first kappa shape index (κ1) is 13.2. The second-order valence-electron chi connectivity index (χ2n) is 5.95. The monoisotopic (exact) mass is 223 g/mol. The van der Waals surface area contributed by atoms with E-state index >= 15 is 0 Å². The fourth-order valence-electron chi connectivity index (χ4n) is 1.79. The Bertz CT molecular complexity index is 331. The van der Waals surface area contributed by atoms with Crippen molar-refractivity contribution in [3.05, 3.63) is 17.5 Å². The van der Waals surface area contributed by atoms with Crippen LogP contribution in [0.15, 0.2) is 6.20 Å². The van der Waals surface area contributed by atoms with Crippen molar-refractivity contribution >= 4 is 0 Å². The Labute approximate surface area is 99.2 Å². The molecule has 0 aliphatic carbocycles. The number of hydrogen-bond donors (Lipinski definition) is 1. The van der Waals surface area contributed by atoms with E-state index in [9.17, 15) is 0 Å². The summed E-state index contributed by atoms with van der Waals surface area (Å²) in [6.07, 6.45) is 2.12. The third kappa shape index (κ3) is 3.63. The van der Waals surface area contributed by atoms with Gasteiger partial charge < -0.3 is 5.32 Å². The molecule has 0 unspecified atom stereocenters. The van der Waals surface area contributed by atoms with Crippen LogP contribution in [0.3, 0.4) is 0 Å². The Morgan fingerprint density at radius 1 is 1.38 bits per heavy atom. The summed E-state index contributed by atoms with van der Waals surface area (Å²) in [5.41, 5.74) is 2.64. The molecule has 3 heteroatoms. The normalized spacial score (nSPS) is 12.4. The highest BCUT2D eigenvalue weighted by atomic mass is 15.3. The summed E-state index contributed by atoms with van der Waals surface area (Å²) in [5, 5.41) is 8.03. The molecule has 0 amide bonds. The number of nitrogens with zero attached hydrogens (tertiary/aromatic N) is 2. The Kier molecular flexibility index (Phi) is 4.14. The molecule has 0 spiro atoms. The fraction of sp³-hybridized carbons (Fsp3) is 0.769. The molecule has 0 saturated heterocycles. The van der Waals surface area contributed by atoms with E-state index in [0.717, 1.165) is 13.1 Å². The van der Waals surface area contributed by atoms with Crippen LogP contribution in [-0.4, -0.2) is 16.3 Å². The molecule has 0 saturated carbocycles. The van der Waals surface area contributed by atoms with E-state index in [4.69, 9.17) is 0 Å². The fourth-order valence-corrected chi connectivity index (χ4v) is 1.79. The van der Waals surface area contributed by atoms with Gasteiger partial charge in [0.25, 0.3) is 0 Å². The third-order valence-corrected chi connectivity index (χ3v) is 2.48. The highest BCUT2D eigenvalue weighted by Gasteiger charge is 2.21. The summed E-state index contributed by atoms with van der Waals surface area (Å²) in [5.74, 6) is 0.690. The molecule has 1 heterocycles. The van der Waals surface area contributed by atoms with Crippen molar-refractivity contribution in [1.29, 1.82) is 0 Å². The maximum atomic E-state index is 4.56. The van der Waals surface area contributed by atoms with Crippen LogP contribution in [0.25, 0.3) is 0 Å². The summed E-state index contributed by atoms with van der Waals surface area (Å²) in [6, 6.07) is 0. The predicted octanol–water partition coefficient (Wildman–Crippen LogP) is 2.46. The minimum atomic E-state index is 0.121. The van der Waals surface area contributed by atoms with Crippen molar-refractivity contribution in [3.8, 4) is 0 Å². The van der Waals surface area contributed by atoms with Gasteiger partial charge in [0.15, 0.2) is 0 Å². The average molecular weight is 223 g/mol. The molecule has 92 valence electrons. The summed E-state index contributed by atoms with van der Waals surface area (Å²) < 4.78 is 1.91. The van der Waals surface area contributed by atoms with Gasteiger partial charge in [-0.25, -0.2) is 0 Å². The first-order valence-corrected chi connectivity index (χ1v) is 6.04. The molecule has 0 fully saturated rings. The van der Waals surface area contributed by atoms with E-state index in [2.05, 4.69) is 51.2 Å². The first-order chi connectivity index (χ1) is 7.30. The van der Waals surface area contributed by atoms with Crippen LogP contribution in [0.1, 0.15) is 45.9 Å². The Balaban J connectivity index is 2.72. The quantitative estimate of drug-likeness (QED) is 0.850. The van der Waals surface area contributed by atoms with Gasteiger partial charge in [0.05, 0.1) is 5.69 Å². The number of rotatable bonds is 4. The predicted molar refractivity (Wildman–Crippen MR) is 68.5 cm³/mol. The molecule has 0 aliphatic rings. The minimum absolute atomic E-state index is 0.121. The molecule has 1 N–H and O–H groups in total. The maximum Gasteiger partial charge on any atom is 0.0722 e. The number of aromatic nitrogens is 2. The first-order valence-electron chi connectivity index (χ1n) is 6.04. The van der Waals surface area contributed by atoms with Crippen LogP contribution in [0.2, 0.25) is 0 Å². The SMILES string of the molecule is CC(C)CNCc1cn(C)nc1C(C)(C)C. The number of aryl methyl sites for hydroxylation is 1. The van der Waals surface area contributed by atoms with Crippen LogP contribution in [0.4, 0.5) is 0 Å². The lowest BCUT2D eigenvalue weighted by Crippen LogP contribution is -2.22. The molecule has 0 aliphatic heterocycles. The third-order valence-electron chi connectivity index (χ3n) is 2.48. The van der Waals surface area contributed by atoms with Gasteiger partial charge in [0.1, 0.15) is 0 Å². The molecule has 3 nitrogen and oxygen atoms in total. The van der Waals surface area contributed by atoms with Gasteiger partial charge in [0, 0.05) is 30.8 Å². The standard InChI is InChI=1S/C13H25N3/c1-10(2)7-14-8-11-9-16(6)15-12(11)13(3,4)5/h9-10,14H,7-8H2,1-6H3. The molecule has 0 bridgehead atoms. The maximum absolute atomic E-state index is 4.56. The summed E-state index contributed by atoms with van der Waals surface area (Å²) in [4.78, 5) is 0. The van der Waals surface area contributed by atoms with Crippen LogP contribution < -0.4 is 5.32 Å². The van der Waals surface area contributed by atoms with Gasteiger partial charge >= 0.3 is 0 Å². The molecule has 1 aromatic heterocycles. The van der Waals surface area contributed by atoms with Crippen molar-refractivity contribution in [2.75, 3.05) is 6.54 Å². The Hall–Kier alpha value is -0.830. The molecular formula is C13H25N3. The lowest BCUT2D eigenvalue weighted by atomic mass is 9.89. The van der Waals surface area contributed by atoms with Crippen LogP contribution >= 0.6 is 0 Å². The van der Waals surface area contributed by atoms with Crippen molar-refractivity contribution in [2.45, 2.75) is 46.6 Å². The lowest BCUT2D eigenvalue weighted by Gasteiger charge is -2.18. The van der Waals surface area contributed by atoms with Crippen molar-refractivity contribution in [2.24, 2.45) is 13.0 Å². The van der Waals surface area contributed by atoms with E-state index in [-0.39, 0.29) is 5.41 Å². The molecule has 0 aromatic carbocycles. The molecular weight excluding hydrogens is 198 g/mol. The van der Waals surface area contributed by atoms with Crippen molar-refractivity contribution in [3.63, 3.8) is 0 Å². The average Bonchev–Trinajstić information content (AvgIpc) is 2.45. The second-order valence-corrected chi connectivity index (χ2v) is 5.95. The second kappa shape index (κ2) is 5.00. The van der Waals surface area contributed by atoms with E-state index in [1.54, 1.807) is 0 Å². The van der Waals surface area contributed by atoms with Gasteiger partial charge in [-0.1, -0.05) is 34.6 Å². The largest absolute Gasteiger partial charge is 0.312 e. The molecule has 0 radical (unpaired) electrons. The van der Waals surface area contributed by atoms with Gasteiger partial charge in [-0.15, -0.1) is 0 Å². The van der Waals surface area contributed by atoms with Gasteiger partial charge in [-0.2, -0.15) is 5.10 Å². The van der Waals surface area contributed by atoms with Gasteiger partial charge in [-0.3, -0.25) is 4.68 Å². The zero-order valence-electron chi connectivity index (χ0n) is 11.5. The molecule has 16 heavy (non-hydrogen) atoms. The topological polar surface area (TPSA) is 29.9 Å². The Morgan fingerprint density at radius 2 is 2.00 bits per heavy atom. The van der Waals surface area contributed by atoms with Crippen molar-refractivity contribution < 1.29 is 0 Å². The zero-order chi connectivity index (χ0) is 12.3. The summed E-state index contributed by atoms with van der Waals surface area (Å²) >= 11 is 0. The molecule has 1 aromatic rings. The number of nitrogens with one attached hydrogen (secondary N) is 1. The van der Waals surface area contributed by atoms with Crippen LogP contribution in [0.5, 0.6) is 0 Å². The number of hydrogen-bond acceptors (Lipinski definition) is 2. The highest BCUT2D eigenvalue weighted by molar-refractivity contribution is 5.23. The summed E-state index contributed by atoms with van der Waals surface area (Å²) in [6.45, 7) is 13.0. The van der Waals surface area contributed by atoms with E-state index in [1.807, 2.05) is 11.7 Å². The van der Waals surface area contributed by atoms with Gasteiger partial charge in [0.2, 0.25) is 0 Å². The van der Waals surface area contributed by atoms with E-state index < -0.39 is 0 Å². The van der Waals surface area contributed by atoms with Crippen molar-refractivity contribution in [1.82, 2.24) is 15.1 Å². The lowest BCUT2D eigenvalue weighted by molar-refractivity contribution is 0.528. The van der Waals surface area contributed by atoms with Gasteiger partial charge in [-0.05, 0) is 12.5 Å². The smallest absolute Gasteiger partial charge is 0.0722 e. The molecule has 1 rings (SSSR count). The zero-order valence-corrected chi connectivity index (χ0v) is 11.5. The molecule has 0 atom stereocenters. The van der Waals surface area contributed by atoms with Crippen LogP contribution in [-0.2, 0) is 19.0 Å². The van der Waals surface area contributed by atoms with E-state index in [1.165, 1.54) is 11.3 Å². The summed E-state index contributed by atoms with van der Waals surface area (Å²) in [7, 11) is 1.99. The van der Waals surface area contributed by atoms with E-state index in [0.29, 0.717) is 5.92 Å².